The molecule has 0 bridgehead atoms. The van der Waals surface area contributed by atoms with Gasteiger partial charge in [-0.05, 0) is 37.0 Å². The quantitative estimate of drug-likeness (QED) is 0.712. The van der Waals surface area contributed by atoms with Crippen LogP contribution in [0.15, 0.2) is 36.7 Å². The molecule has 3 aromatic rings. The van der Waals surface area contributed by atoms with Gasteiger partial charge in [0.1, 0.15) is 17.0 Å². The van der Waals surface area contributed by atoms with E-state index in [4.69, 9.17) is 0 Å². The average Bonchev–Trinajstić information content (AvgIpc) is 3.07. The van der Waals surface area contributed by atoms with Gasteiger partial charge in [-0.15, -0.1) is 11.3 Å². The van der Waals surface area contributed by atoms with E-state index < -0.39 is 0 Å². The molecule has 4 rings (SSSR count). The van der Waals surface area contributed by atoms with Crippen LogP contribution in [-0.4, -0.2) is 17.0 Å². The Morgan fingerprint density at radius 1 is 1.10 bits per heavy atom. The van der Waals surface area contributed by atoms with Crippen LogP contribution in [0, 0.1) is 0 Å². The van der Waals surface area contributed by atoms with E-state index in [2.05, 4.69) is 46.2 Å². The molecule has 0 unspecified atom stereocenters. The Balaban J connectivity index is 1.92. The van der Waals surface area contributed by atoms with E-state index in [9.17, 15) is 0 Å². The summed E-state index contributed by atoms with van der Waals surface area (Å²) in [6.07, 6.45) is 5.31. The van der Waals surface area contributed by atoms with Crippen LogP contribution in [-0.2, 0) is 12.8 Å². The molecule has 1 aromatic carbocycles. The zero-order chi connectivity index (χ0) is 13.5. The lowest BCUT2D eigenvalue weighted by Gasteiger charge is -2.19. The summed E-state index contributed by atoms with van der Waals surface area (Å²) >= 11 is 1.84. The summed E-state index contributed by atoms with van der Waals surface area (Å²) in [4.78, 5) is 13.8. The third-order valence-corrected chi connectivity index (χ3v) is 5.14. The third-order valence-electron chi connectivity index (χ3n) is 3.94. The fourth-order valence-electron chi connectivity index (χ4n) is 2.94. The van der Waals surface area contributed by atoms with Crippen molar-refractivity contribution in [3.05, 3.63) is 47.1 Å². The number of hydrogen-bond donors (Lipinski definition) is 0. The number of hydrogen-bond acceptors (Lipinski definition) is 4. The largest absolute Gasteiger partial charge is 0.329 e. The maximum Gasteiger partial charge on any atom is 0.145 e. The first-order valence-corrected chi connectivity index (χ1v) is 7.70. The van der Waals surface area contributed by atoms with Gasteiger partial charge in [0.05, 0.1) is 5.39 Å². The number of aryl methyl sites for hydroxylation is 2. The van der Waals surface area contributed by atoms with E-state index in [1.165, 1.54) is 35.1 Å². The highest BCUT2D eigenvalue weighted by molar-refractivity contribution is 7.19. The van der Waals surface area contributed by atoms with Crippen molar-refractivity contribution in [1.29, 1.82) is 0 Å². The van der Waals surface area contributed by atoms with Crippen LogP contribution in [0.4, 0.5) is 11.5 Å². The normalized spacial score (nSPS) is 13.7. The number of para-hydroxylation sites is 1. The fraction of sp³-hybridized carbons (Fsp3) is 0.250. The Morgan fingerprint density at radius 2 is 1.95 bits per heavy atom. The zero-order valence-electron chi connectivity index (χ0n) is 11.3. The summed E-state index contributed by atoms with van der Waals surface area (Å²) in [5.41, 5.74) is 2.63. The lowest BCUT2D eigenvalue weighted by molar-refractivity contribution is 0.916. The third kappa shape index (κ3) is 1.72. The molecule has 0 radical (unpaired) electrons. The number of fused-ring (bicyclic) bond motifs is 3. The first-order chi connectivity index (χ1) is 9.84. The van der Waals surface area contributed by atoms with E-state index in [0.29, 0.717) is 0 Å². The monoisotopic (exact) mass is 281 g/mol. The van der Waals surface area contributed by atoms with Crippen molar-refractivity contribution < 1.29 is 0 Å². The van der Waals surface area contributed by atoms with Crippen LogP contribution in [0.5, 0.6) is 0 Å². The SMILES string of the molecule is CN(c1ccccc1)c1ncnc2sc3c(c12)CCC3. The molecule has 0 spiro atoms. The van der Waals surface area contributed by atoms with Crippen LogP contribution in [0.25, 0.3) is 10.2 Å². The minimum atomic E-state index is 1.03. The summed E-state index contributed by atoms with van der Waals surface area (Å²) in [7, 11) is 2.08. The van der Waals surface area contributed by atoms with Gasteiger partial charge in [-0.3, -0.25) is 0 Å². The van der Waals surface area contributed by atoms with Crippen molar-refractivity contribution in [2.45, 2.75) is 19.3 Å². The van der Waals surface area contributed by atoms with Crippen molar-refractivity contribution >= 4 is 33.1 Å². The van der Waals surface area contributed by atoms with E-state index in [1.54, 1.807) is 6.33 Å². The molecule has 0 amide bonds. The Labute approximate surface area is 121 Å². The highest BCUT2D eigenvalue weighted by Crippen LogP contribution is 2.41. The number of aromatic nitrogens is 2. The van der Waals surface area contributed by atoms with Gasteiger partial charge in [0, 0.05) is 17.6 Å². The van der Waals surface area contributed by atoms with Gasteiger partial charge in [-0.25, -0.2) is 9.97 Å². The number of nitrogens with zero attached hydrogens (tertiary/aromatic N) is 3. The van der Waals surface area contributed by atoms with Gasteiger partial charge in [-0.2, -0.15) is 0 Å². The second-order valence-electron chi connectivity index (χ2n) is 5.13. The van der Waals surface area contributed by atoms with Crippen LogP contribution < -0.4 is 4.90 Å². The zero-order valence-corrected chi connectivity index (χ0v) is 12.2. The molecule has 0 fully saturated rings. The molecule has 4 heteroatoms. The molecule has 0 atom stereocenters. The lowest BCUT2D eigenvalue weighted by Crippen LogP contribution is -2.11. The molecule has 0 aliphatic heterocycles. The first kappa shape index (κ1) is 11.9. The Bertz CT molecular complexity index is 764. The molecule has 2 heterocycles. The van der Waals surface area contributed by atoms with Gasteiger partial charge >= 0.3 is 0 Å². The summed E-state index contributed by atoms with van der Waals surface area (Å²) < 4.78 is 0. The van der Waals surface area contributed by atoms with Crippen molar-refractivity contribution in [2.75, 3.05) is 11.9 Å². The Hall–Kier alpha value is -1.94. The maximum atomic E-state index is 4.55. The summed E-state index contributed by atoms with van der Waals surface area (Å²) in [5.74, 6) is 1.03. The summed E-state index contributed by atoms with van der Waals surface area (Å²) in [5, 5.41) is 1.26. The first-order valence-electron chi connectivity index (χ1n) is 6.88. The van der Waals surface area contributed by atoms with Crippen molar-refractivity contribution in [3.8, 4) is 0 Å². The molecule has 1 aliphatic carbocycles. The minimum absolute atomic E-state index is 1.03. The minimum Gasteiger partial charge on any atom is -0.329 e. The van der Waals surface area contributed by atoms with E-state index in [1.807, 2.05) is 17.4 Å². The molecular formula is C16H15N3S. The highest BCUT2D eigenvalue weighted by atomic mass is 32.1. The van der Waals surface area contributed by atoms with E-state index in [0.717, 1.165) is 16.3 Å². The smallest absolute Gasteiger partial charge is 0.145 e. The molecule has 1 aliphatic rings. The molecule has 0 saturated carbocycles. The molecule has 0 N–H and O–H groups in total. The fourth-order valence-corrected chi connectivity index (χ4v) is 4.16. The predicted octanol–water partition coefficient (Wildman–Crippen LogP) is 3.95. The highest BCUT2D eigenvalue weighted by Gasteiger charge is 2.22. The van der Waals surface area contributed by atoms with Gasteiger partial charge in [-0.1, -0.05) is 18.2 Å². The number of thiophene rings is 1. The van der Waals surface area contributed by atoms with Gasteiger partial charge < -0.3 is 4.90 Å². The van der Waals surface area contributed by atoms with Gasteiger partial charge in [0.15, 0.2) is 0 Å². The maximum absolute atomic E-state index is 4.55. The van der Waals surface area contributed by atoms with Crippen molar-refractivity contribution in [2.24, 2.45) is 0 Å². The van der Waals surface area contributed by atoms with Crippen LogP contribution in [0.2, 0.25) is 0 Å². The number of anilines is 2. The molecule has 20 heavy (non-hydrogen) atoms. The van der Waals surface area contributed by atoms with E-state index in [-0.39, 0.29) is 0 Å². The number of rotatable bonds is 2. The van der Waals surface area contributed by atoms with Crippen LogP contribution in [0.1, 0.15) is 16.9 Å². The molecular weight excluding hydrogens is 266 g/mol. The summed E-state index contributed by atoms with van der Waals surface area (Å²) in [6.45, 7) is 0. The van der Waals surface area contributed by atoms with Crippen molar-refractivity contribution in [1.82, 2.24) is 9.97 Å². The topological polar surface area (TPSA) is 29.0 Å². The molecule has 0 saturated heterocycles. The predicted molar refractivity (Wildman–Crippen MR) is 83.9 cm³/mol. The van der Waals surface area contributed by atoms with Gasteiger partial charge in [0.25, 0.3) is 0 Å². The summed E-state index contributed by atoms with van der Waals surface area (Å²) in [6, 6.07) is 10.4. The van der Waals surface area contributed by atoms with Crippen molar-refractivity contribution in [3.63, 3.8) is 0 Å². The second kappa shape index (κ2) is 4.56. The second-order valence-corrected chi connectivity index (χ2v) is 6.21. The Morgan fingerprint density at radius 3 is 2.80 bits per heavy atom. The van der Waals surface area contributed by atoms with Crippen LogP contribution >= 0.6 is 11.3 Å². The average molecular weight is 281 g/mol. The molecule has 2 aromatic heterocycles. The Kier molecular flexibility index (Phi) is 2.70. The van der Waals surface area contributed by atoms with Crippen LogP contribution in [0.3, 0.4) is 0 Å². The van der Waals surface area contributed by atoms with Gasteiger partial charge in [0.2, 0.25) is 0 Å². The lowest BCUT2D eigenvalue weighted by atomic mass is 10.1. The standard InChI is InChI=1S/C16H15N3S/c1-19(11-6-3-2-4-7-11)15-14-12-8-5-9-13(12)20-16(14)18-10-17-15/h2-4,6-7,10H,5,8-9H2,1H3. The molecule has 100 valence electrons. The number of benzene rings is 1. The van der Waals surface area contributed by atoms with E-state index >= 15 is 0 Å². The molecule has 3 nitrogen and oxygen atoms in total.